The van der Waals surface area contributed by atoms with Gasteiger partial charge in [0.1, 0.15) is 11.4 Å². The maximum atomic E-state index is 5.39. The van der Waals surface area contributed by atoms with E-state index in [0.29, 0.717) is 5.82 Å². The van der Waals surface area contributed by atoms with Gasteiger partial charge >= 0.3 is 0 Å². The van der Waals surface area contributed by atoms with Gasteiger partial charge in [-0.2, -0.15) is 0 Å². The van der Waals surface area contributed by atoms with Crippen molar-refractivity contribution in [2.45, 2.75) is 6.92 Å². The Hall–Kier alpha value is -1.88. The van der Waals surface area contributed by atoms with Crippen molar-refractivity contribution in [2.75, 3.05) is 7.11 Å². The van der Waals surface area contributed by atoms with E-state index >= 15 is 0 Å². The third kappa shape index (κ3) is 1.98. The number of rotatable bonds is 2. The van der Waals surface area contributed by atoms with Crippen LogP contribution in [0.15, 0.2) is 34.9 Å². The number of hydrogen-bond donors (Lipinski definition) is 0. The van der Waals surface area contributed by atoms with Crippen LogP contribution in [0.2, 0.25) is 0 Å². The quantitative estimate of drug-likeness (QED) is 0.718. The van der Waals surface area contributed by atoms with E-state index < -0.39 is 0 Å². The van der Waals surface area contributed by atoms with Crippen molar-refractivity contribution in [3.8, 4) is 17.1 Å². The zero-order chi connectivity index (χ0) is 14.3. The highest BCUT2D eigenvalue weighted by atomic mass is 79.9. The van der Waals surface area contributed by atoms with E-state index in [2.05, 4.69) is 25.9 Å². The molecule has 0 bridgehead atoms. The molecule has 0 atom stereocenters. The maximum Gasteiger partial charge on any atom is 0.165 e. The van der Waals surface area contributed by atoms with Crippen LogP contribution in [0.25, 0.3) is 22.4 Å². The van der Waals surface area contributed by atoms with Crippen LogP contribution in [-0.2, 0) is 7.05 Å². The average Bonchev–Trinajstić information content (AvgIpc) is 2.74. The number of hydrogen-bond acceptors (Lipinski definition) is 3. The third-order valence-electron chi connectivity index (χ3n) is 3.30. The molecule has 0 radical (unpaired) electrons. The third-order valence-corrected chi connectivity index (χ3v) is 3.90. The number of benzene rings is 1. The Morgan fingerprint density at radius 2 is 1.95 bits per heavy atom. The van der Waals surface area contributed by atoms with Gasteiger partial charge in [0.15, 0.2) is 5.82 Å². The molecule has 0 aliphatic rings. The van der Waals surface area contributed by atoms with Gasteiger partial charge in [-0.25, -0.2) is 9.97 Å². The topological polar surface area (TPSA) is 39.9 Å². The van der Waals surface area contributed by atoms with Crippen LogP contribution in [-0.4, -0.2) is 21.6 Å². The Labute approximate surface area is 125 Å². The number of aromatic nitrogens is 3. The molecule has 0 aliphatic carbocycles. The molecule has 5 heteroatoms. The number of para-hydroxylation sites is 1. The molecule has 0 unspecified atom stereocenters. The molecule has 0 amide bonds. The molecule has 4 nitrogen and oxygen atoms in total. The summed E-state index contributed by atoms with van der Waals surface area (Å²) in [6.45, 7) is 1.99. The van der Waals surface area contributed by atoms with Crippen molar-refractivity contribution in [2.24, 2.45) is 7.05 Å². The lowest BCUT2D eigenvalue weighted by atomic mass is 10.1. The van der Waals surface area contributed by atoms with E-state index in [-0.39, 0.29) is 0 Å². The highest BCUT2D eigenvalue weighted by molar-refractivity contribution is 9.10. The Morgan fingerprint density at radius 1 is 1.20 bits per heavy atom. The van der Waals surface area contributed by atoms with E-state index in [9.17, 15) is 0 Å². The van der Waals surface area contributed by atoms with Crippen LogP contribution in [0, 0.1) is 6.92 Å². The molecule has 1 aromatic carbocycles. The number of fused-ring (bicyclic) bond motifs is 1. The molecule has 2 aromatic heterocycles. The van der Waals surface area contributed by atoms with E-state index in [1.807, 2.05) is 49.0 Å². The summed E-state index contributed by atoms with van der Waals surface area (Å²) in [5, 5.41) is 1.05. The smallest absolute Gasteiger partial charge is 0.165 e. The number of aryl methyl sites for hydroxylation is 2. The summed E-state index contributed by atoms with van der Waals surface area (Å²) >= 11 is 3.55. The normalized spacial score (nSPS) is 11.0. The fraction of sp³-hybridized carbons (Fsp3) is 0.200. The molecule has 0 saturated heterocycles. The summed E-state index contributed by atoms with van der Waals surface area (Å²) in [4.78, 5) is 9.30. The molecular formula is C15H14BrN3O. The van der Waals surface area contributed by atoms with Crippen molar-refractivity contribution in [3.05, 3.63) is 40.6 Å². The summed E-state index contributed by atoms with van der Waals surface area (Å²) in [5.74, 6) is 1.46. The largest absolute Gasteiger partial charge is 0.496 e. The van der Waals surface area contributed by atoms with Gasteiger partial charge in [-0.3, -0.25) is 0 Å². The molecule has 3 rings (SSSR count). The molecule has 0 N–H and O–H groups in total. The Kier molecular flexibility index (Phi) is 3.22. The highest BCUT2D eigenvalue weighted by Crippen LogP contribution is 2.31. The summed E-state index contributed by atoms with van der Waals surface area (Å²) in [5.41, 5.74) is 2.76. The van der Waals surface area contributed by atoms with Gasteiger partial charge < -0.3 is 9.30 Å². The van der Waals surface area contributed by atoms with Gasteiger partial charge in [-0.1, -0.05) is 12.1 Å². The maximum absolute atomic E-state index is 5.39. The van der Waals surface area contributed by atoms with Gasteiger partial charge in [-0.05, 0) is 35.0 Å². The number of methoxy groups -OCH3 is 1. The zero-order valence-electron chi connectivity index (χ0n) is 11.5. The molecule has 3 aromatic rings. The number of halogens is 1. The Balaban J connectivity index is 2.30. The molecule has 102 valence electrons. The molecule has 0 aliphatic heterocycles. The Morgan fingerprint density at radius 3 is 2.70 bits per heavy atom. The second kappa shape index (κ2) is 4.90. The lowest BCUT2D eigenvalue weighted by Gasteiger charge is -2.08. The zero-order valence-corrected chi connectivity index (χ0v) is 13.1. The van der Waals surface area contributed by atoms with Crippen molar-refractivity contribution < 1.29 is 4.74 Å². The monoisotopic (exact) mass is 331 g/mol. The van der Waals surface area contributed by atoms with Crippen molar-refractivity contribution in [1.29, 1.82) is 0 Å². The standard InChI is InChI=1S/C15H14BrN3O/c1-9-13-11(16)8-19(2)15(13)18-14(17-9)10-6-4-5-7-12(10)20-3/h4-8H,1-3H3. The van der Waals surface area contributed by atoms with E-state index in [4.69, 9.17) is 4.74 Å². The Bertz CT molecular complexity index is 795. The molecule has 0 spiro atoms. The fourth-order valence-corrected chi connectivity index (χ4v) is 3.11. The first-order chi connectivity index (χ1) is 9.61. The van der Waals surface area contributed by atoms with Gasteiger partial charge in [0.05, 0.1) is 23.8 Å². The van der Waals surface area contributed by atoms with Crippen LogP contribution in [0.4, 0.5) is 0 Å². The van der Waals surface area contributed by atoms with E-state index in [0.717, 1.165) is 32.5 Å². The van der Waals surface area contributed by atoms with Crippen LogP contribution < -0.4 is 4.74 Å². The van der Waals surface area contributed by atoms with Gasteiger partial charge in [0, 0.05) is 17.7 Å². The summed E-state index contributed by atoms with van der Waals surface area (Å²) in [7, 11) is 3.63. The SMILES string of the molecule is COc1ccccc1-c1nc(C)c2c(Br)cn(C)c2n1. The summed E-state index contributed by atoms with van der Waals surface area (Å²) in [6.07, 6.45) is 2.00. The van der Waals surface area contributed by atoms with E-state index in [1.165, 1.54) is 0 Å². The number of ether oxygens (including phenoxy) is 1. The minimum atomic E-state index is 0.682. The average molecular weight is 332 g/mol. The fourth-order valence-electron chi connectivity index (χ4n) is 2.34. The van der Waals surface area contributed by atoms with Crippen LogP contribution in [0.3, 0.4) is 0 Å². The van der Waals surface area contributed by atoms with Crippen LogP contribution >= 0.6 is 15.9 Å². The van der Waals surface area contributed by atoms with E-state index in [1.54, 1.807) is 7.11 Å². The lowest BCUT2D eigenvalue weighted by Crippen LogP contribution is -1.98. The molecule has 0 saturated carbocycles. The summed E-state index contributed by atoms with van der Waals surface area (Å²) in [6, 6.07) is 7.78. The molecule has 2 heterocycles. The summed E-state index contributed by atoms with van der Waals surface area (Å²) < 4.78 is 8.40. The first kappa shape index (κ1) is 13.1. The first-order valence-corrected chi connectivity index (χ1v) is 7.03. The predicted octanol–water partition coefficient (Wildman–Crippen LogP) is 3.71. The molecule has 0 fully saturated rings. The second-order valence-electron chi connectivity index (χ2n) is 4.62. The lowest BCUT2D eigenvalue weighted by molar-refractivity contribution is 0.416. The van der Waals surface area contributed by atoms with Gasteiger partial charge in [-0.15, -0.1) is 0 Å². The van der Waals surface area contributed by atoms with Crippen LogP contribution in [0.5, 0.6) is 5.75 Å². The minimum Gasteiger partial charge on any atom is -0.496 e. The van der Waals surface area contributed by atoms with Crippen molar-refractivity contribution >= 4 is 27.0 Å². The second-order valence-corrected chi connectivity index (χ2v) is 5.47. The first-order valence-electron chi connectivity index (χ1n) is 6.24. The van der Waals surface area contributed by atoms with Crippen molar-refractivity contribution in [3.63, 3.8) is 0 Å². The minimum absolute atomic E-state index is 0.682. The number of nitrogens with zero attached hydrogens (tertiary/aromatic N) is 3. The van der Waals surface area contributed by atoms with Gasteiger partial charge in [0.2, 0.25) is 0 Å². The highest BCUT2D eigenvalue weighted by Gasteiger charge is 2.14. The van der Waals surface area contributed by atoms with Gasteiger partial charge in [0.25, 0.3) is 0 Å². The predicted molar refractivity (Wildman–Crippen MR) is 82.9 cm³/mol. The molecule has 20 heavy (non-hydrogen) atoms. The van der Waals surface area contributed by atoms with Crippen LogP contribution in [0.1, 0.15) is 5.69 Å². The van der Waals surface area contributed by atoms with Crippen molar-refractivity contribution in [1.82, 2.24) is 14.5 Å². The molecular weight excluding hydrogens is 318 g/mol.